The zero-order valence-corrected chi connectivity index (χ0v) is 8.51. The van der Waals surface area contributed by atoms with Gasteiger partial charge in [-0.3, -0.25) is 4.79 Å². The summed E-state index contributed by atoms with van der Waals surface area (Å²) >= 11 is 0. The van der Waals surface area contributed by atoms with E-state index in [2.05, 4.69) is 4.74 Å². The first-order valence-electron chi connectivity index (χ1n) is 4.85. The quantitative estimate of drug-likeness (QED) is 0.505. The van der Waals surface area contributed by atoms with Gasteiger partial charge in [0, 0.05) is 12.8 Å². The fraction of sp³-hybridized carbons (Fsp3) is 0.800. The number of methoxy groups -OCH3 is 1. The Bertz CT molecular complexity index is 242. The van der Waals surface area contributed by atoms with Crippen LogP contribution in [0, 0.1) is 5.92 Å². The third-order valence-electron chi connectivity index (χ3n) is 2.88. The number of Topliss-reactive ketones (excluding diaryl/α,β-unsaturated/α-hetero) is 1. The molecule has 1 aliphatic rings. The summed E-state index contributed by atoms with van der Waals surface area (Å²) in [7, 11) is 1.10. The fourth-order valence-corrected chi connectivity index (χ4v) is 1.85. The molecule has 0 bridgehead atoms. The van der Waals surface area contributed by atoms with Gasteiger partial charge in [0.1, 0.15) is 0 Å². The molecule has 14 heavy (non-hydrogen) atoms. The van der Waals surface area contributed by atoms with Crippen LogP contribution >= 0.6 is 0 Å². The summed E-state index contributed by atoms with van der Waals surface area (Å²) in [5.41, 5.74) is -2.38. The maximum Gasteiger partial charge on any atom is 0.351 e. The number of carbonyl (C=O) groups is 2. The lowest BCUT2D eigenvalue weighted by Crippen LogP contribution is -2.47. The first kappa shape index (κ1) is 11.1. The number of hydrogen-bond acceptors (Lipinski definition) is 3. The zero-order valence-electron chi connectivity index (χ0n) is 8.51. The standard InChI is InChI=1S/C10H15FO3/c1-3-7-4-5-8(12)10(11,6-7)9(13)14-2/h7H,3-6H2,1-2H3. The highest BCUT2D eigenvalue weighted by molar-refractivity contribution is 6.07. The van der Waals surface area contributed by atoms with E-state index in [1.165, 1.54) is 0 Å². The Morgan fingerprint density at radius 2 is 2.36 bits per heavy atom. The van der Waals surface area contributed by atoms with Crippen molar-refractivity contribution >= 4 is 11.8 Å². The van der Waals surface area contributed by atoms with Crippen LogP contribution in [0.3, 0.4) is 0 Å². The predicted octanol–water partition coefficient (Wildman–Crippen LogP) is 1.65. The van der Waals surface area contributed by atoms with Crippen molar-refractivity contribution in [3.63, 3.8) is 0 Å². The Labute approximate surface area is 82.6 Å². The van der Waals surface area contributed by atoms with Crippen LogP contribution in [0.1, 0.15) is 32.6 Å². The van der Waals surface area contributed by atoms with E-state index in [1.807, 2.05) is 6.92 Å². The van der Waals surface area contributed by atoms with E-state index >= 15 is 0 Å². The summed E-state index contributed by atoms with van der Waals surface area (Å²) < 4.78 is 18.3. The van der Waals surface area contributed by atoms with Gasteiger partial charge in [0.05, 0.1) is 7.11 Å². The minimum absolute atomic E-state index is 0.0188. The molecule has 0 saturated heterocycles. The molecule has 4 heteroatoms. The van der Waals surface area contributed by atoms with Gasteiger partial charge < -0.3 is 4.74 Å². The molecule has 0 N–H and O–H groups in total. The fourth-order valence-electron chi connectivity index (χ4n) is 1.85. The van der Waals surface area contributed by atoms with Crippen molar-refractivity contribution in [3.8, 4) is 0 Å². The van der Waals surface area contributed by atoms with Gasteiger partial charge in [-0.25, -0.2) is 9.18 Å². The van der Waals surface area contributed by atoms with Gasteiger partial charge >= 0.3 is 5.97 Å². The number of alkyl halides is 1. The SMILES string of the molecule is CCC1CCC(=O)C(F)(C(=O)OC)C1. The summed E-state index contributed by atoms with van der Waals surface area (Å²) in [4.78, 5) is 22.4. The van der Waals surface area contributed by atoms with Gasteiger partial charge in [-0.05, 0) is 12.3 Å². The highest BCUT2D eigenvalue weighted by Gasteiger charge is 2.50. The second-order valence-electron chi connectivity index (χ2n) is 3.73. The molecular formula is C10H15FO3. The van der Waals surface area contributed by atoms with E-state index in [1.54, 1.807) is 0 Å². The number of ketones is 1. The van der Waals surface area contributed by atoms with Crippen LogP contribution < -0.4 is 0 Å². The molecule has 0 aromatic rings. The van der Waals surface area contributed by atoms with Crippen molar-refractivity contribution < 1.29 is 18.7 Å². The summed E-state index contributed by atoms with van der Waals surface area (Å²) in [6.07, 6.45) is 1.59. The van der Waals surface area contributed by atoms with Gasteiger partial charge in [-0.1, -0.05) is 13.3 Å². The number of halogens is 1. The molecule has 3 nitrogen and oxygen atoms in total. The van der Waals surface area contributed by atoms with E-state index in [-0.39, 0.29) is 18.8 Å². The second-order valence-corrected chi connectivity index (χ2v) is 3.73. The van der Waals surface area contributed by atoms with Crippen molar-refractivity contribution in [1.29, 1.82) is 0 Å². The monoisotopic (exact) mass is 202 g/mol. The molecule has 80 valence electrons. The lowest BCUT2D eigenvalue weighted by molar-refractivity contribution is -0.163. The van der Waals surface area contributed by atoms with Crippen molar-refractivity contribution in [3.05, 3.63) is 0 Å². The second kappa shape index (κ2) is 4.07. The summed E-state index contributed by atoms with van der Waals surface area (Å²) in [5, 5.41) is 0. The Hall–Kier alpha value is -0.930. The van der Waals surface area contributed by atoms with E-state index in [0.29, 0.717) is 6.42 Å². The van der Waals surface area contributed by atoms with E-state index in [4.69, 9.17) is 0 Å². The molecule has 2 atom stereocenters. The van der Waals surface area contributed by atoms with Crippen LogP contribution in [0.25, 0.3) is 0 Å². The lowest BCUT2D eigenvalue weighted by Gasteiger charge is -2.30. The molecule has 1 aliphatic carbocycles. The Kier molecular flexibility index (Phi) is 3.24. The van der Waals surface area contributed by atoms with Crippen molar-refractivity contribution in [1.82, 2.24) is 0 Å². The molecule has 0 aromatic heterocycles. The average Bonchev–Trinajstić information content (AvgIpc) is 2.21. The Balaban J connectivity index is 2.82. The number of hydrogen-bond donors (Lipinski definition) is 0. The number of esters is 1. The number of carbonyl (C=O) groups excluding carboxylic acids is 2. The molecule has 0 aromatic carbocycles. The lowest BCUT2D eigenvalue weighted by atomic mass is 9.77. The normalized spacial score (nSPS) is 32.8. The smallest absolute Gasteiger partial charge is 0.351 e. The maximum atomic E-state index is 14.0. The minimum atomic E-state index is -2.38. The molecule has 1 fully saturated rings. The number of rotatable bonds is 2. The largest absolute Gasteiger partial charge is 0.466 e. The van der Waals surface area contributed by atoms with E-state index < -0.39 is 17.4 Å². The van der Waals surface area contributed by atoms with Crippen molar-refractivity contribution in [2.45, 2.75) is 38.3 Å². The predicted molar refractivity (Wildman–Crippen MR) is 48.5 cm³/mol. The molecule has 2 unspecified atom stereocenters. The maximum absolute atomic E-state index is 14.0. The first-order valence-corrected chi connectivity index (χ1v) is 4.85. The summed E-state index contributed by atoms with van der Waals surface area (Å²) in [5.74, 6) is -1.56. The third kappa shape index (κ3) is 1.79. The van der Waals surface area contributed by atoms with Gasteiger partial charge in [0.15, 0.2) is 5.78 Å². The van der Waals surface area contributed by atoms with Crippen LogP contribution in [0.15, 0.2) is 0 Å². The van der Waals surface area contributed by atoms with Gasteiger partial charge in [0.25, 0.3) is 5.67 Å². The van der Waals surface area contributed by atoms with Gasteiger partial charge in [-0.15, -0.1) is 0 Å². The molecule has 1 rings (SSSR count). The van der Waals surface area contributed by atoms with Gasteiger partial charge in [-0.2, -0.15) is 0 Å². The number of ether oxygens (including phenoxy) is 1. The zero-order chi connectivity index (χ0) is 10.8. The van der Waals surface area contributed by atoms with E-state index in [9.17, 15) is 14.0 Å². The molecule has 0 radical (unpaired) electrons. The molecular weight excluding hydrogens is 187 g/mol. The van der Waals surface area contributed by atoms with Crippen LogP contribution in [-0.2, 0) is 14.3 Å². The average molecular weight is 202 g/mol. The molecule has 0 amide bonds. The first-order chi connectivity index (χ1) is 6.54. The Morgan fingerprint density at radius 3 is 2.86 bits per heavy atom. The van der Waals surface area contributed by atoms with Crippen molar-refractivity contribution in [2.24, 2.45) is 5.92 Å². The van der Waals surface area contributed by atoms with Crippen LogP contribution in [0.5, 0.6) is 0 Å². The van der Waals surface area contributed by atoms with Gasteiger partial charge in [0.2, 0.25) is 0 Å². The third-order valence-corrected chi connectivity index (χ3v) is 2.88. The topological polar surface area (TPSA) is 43.4 Å². The molecule has 0 heterocycles. The highest BCUT2D eigenvalue weighted by atomic mass is 19.1. The molecule has 0 spiro atoms. The van der Waals surface area contributed by atoms with E-state index in [0.717, 1.165) is 13.5 Å². The minimum Gasteiger partial charge on any atom is -0.466 e. The Morgan fingerprint density at radius 1 is 1.71 bits per heavy atom. The van der Waals surface area contributed by atoms with Crippen LogP contribution in [0.4, 0.5) is 4.39 Å². The van der Waals surface area contributed by atoms with Crippen LogP contribution in [0.2, 0.25) is 0 Å². The van der Waals surface area contributed by atoms with Crippen LogP contribution in [-0.4, -0.2) is 24.5 Å². The molecule has 1 saturated carbocycles. The summed E-state index contributed by atoms with van der Waals surface area (Å²) in [6, 6.07) is 0. The highest BCUT2D eigenvalue weighted by Crippen LogP contribution is 2.35. The molecule has 0 aliphatic heterocycles. The van der Waals surface area contributed by atoms with Crippen molar-refractivity contribution in [2.75, 3.05) is 7.11 Å². The summed E-state index contributed by atoms with van der Waals surface area (Å²) in [6.45, 7) is 1.93.